The molecule has 1 aliphatic rings. The van der Waals surface area contributed by atoms with E-state index in [0.29, 0.717) is 12.8 Å². The van der Waals surface area contributed by atoms with Gasteiger partial charge in [-0.25, -0.2) is 8.42 Å². The van der Waals surface area contributed by atoms with Gasteiger partial charge in [0.05, 0.1) is 17.1 Å². The number of aliphatic hydroxyl groups is 1. The lowest BCUT2D eigenvalue weighted by molar-refractivity contribution is 0.0587. The van der Waals surface area contributed by atoms with Crippen LogP contribution in [0.15, 0.2) is 0 Å². The average molecular weight is 206 g/mol. The Morgan fingerprint density at radius 1 is 1.38 bits per heavy atom. The summed E-state index contributed by atoms with van der Waals surface area (Å²) in [5, 5.41) is 9.31. The van der Waals surface area contributed by atoms with Gasteiger partial charge in [0.15, 0.2) is 9.84 Å². The Labute approximate surface area is 80.1 Å². The molecule has 1 fully saturated rings. The van der Waals surface area contributed by atoms with Gasteiger partial charge in [0, 0.05) is 0 Å². The summed E-state index contributed by atoms with van der Waals surface area (Å²) in [6.07, 6.45) is 0.570. The normalized spacial score (nSPS) is 30.3. The van der Waals surface area contributed by atoms with Crippen molar-refractivity contribution in [2.24, 2.45) is 5.41 Å². The minimum atomic E-state index is -3.02. The Morgan fingerprint density at radius 2 is 1.92 bits per heavy atom. The van der Waals surface area contributed by atoms with E-state index < -0.39 is 21.2 Å². The predicted molar refractivity (Wildman–Crippen MR) is 52.3 cm³/mol. The maximum absolute atomic E-state index is 11.5. The van der Waals surface area contributed by atoms with E-state index in [4.69, 9.17) is 0 Å². The summed E-state index contributed by atoms with van der Waals surface area (Å²) in [6.45, 7) is 5.60. The highest BCUT2D eigenvalue weighted by Crippen LogP contribution is 2.31. The SMILES string of the molecule is CC(C)(C)[C@H](O)[C@@H]1CCCS1(=O)=O. The molecule has 0 aromatic rings. The molecule has 1 aliphatic heterocycles. The second-order valence-electron chi connectivity index (χ2n) is 4.86. The topological polar surface area (TPSA) is 54.4 Å². The van der Waals surface area contributed by atoms with Crippen molar-refractivity contribution in [3.63, 3.8) is 0 Å². The Kier molecular flexibility index (Phi) is 2.74. The van der Waals surface area contributed by atoms with Crippen molar-refractivity contribution >= 4 is 9.84 Å². The van der Waals surface area contributed by atoms with Crippen molar-refractivity contribution in [3.8, 4) is 0 Å². The summed E-state index contributed by atoms with van der Waals surface area (Å²) in [5.41, 5.74) is -0.345. The van der Waals surface area contributed by atoms with Gasteiger partial charge in [0.1, 0.15) is 0 Å². The molecule has 1 heterocycles. The van der Waals surface area contributed by atoms with Crippen molar-refractivity contribution < 1.29 is 13.5 Å². The highest BCUT2D eigenvalue weighted by Gasteiger charge is 2.41. The van der Waals surface area contributed by atoms with Crippen LogP contribution >= 0.6 is 0 Å². The highest BCUT2D eigenvalue weighted by atomic mass is 32.2. The molecular weight excluding hydrogens is 188 g/mol. The Morgan fingerprint density at radius 3 is 2.23 bits per heavy atom. The largest absolute Gasteiger partial charge is 0.391 e. The Hall–Kier alpha value is -0.0900. The smallest absolute Gasteiger partial charge is 0.155 e. The summed E-state index contributed by atoms with van der Waals surface area (Å²) >= 11 is 0. The van der Waals surface area contributed by atoms with Crippen molar-refractivity contribution in [2.75, 3.05) is 5.75 Å². The minimum Gasteiger partial charge on any atom is -0.391 e. The van der Waals surface area contributed by atoms with E-state index in [2.05, 4.69) is 0 Å². The lowest BCUT2D eigenvalue weighted by Crippen LogP contribution is -2.40. The van der Waals surface area contributed by atoms with E-state index >= 15 is 0 Å². The van der Waals surface area contributed by atoms with Crippen LogP contribution < -0.4 is 0 Å². The molecule has 13 heavy (non-hydrogen) atoms. The quantitative estimate of drug-likeness (QED) is 0.695. The van der Waals surface area contributed by atoms with Crippen LogP contribution in [0.2, 0.25) is 0 Å². The second kappa shape index (κ2) is 3.24. The molecule has 0 spiro atoms. The minimum absolute atomic E-state index is 0.241. The fraction of sp³-hybridized carbons (Fsp3) is 1.00. The van der Waals surface area contributed by atoms with Crippen LogP contribution in [0.5, 0.6) is 0 Å². The zero-order chi connectivity index (χ0) is 10.3. The van der Waals surface area contributed by atoms with E-state index in [1.807, 2.05) is 20.8 Å². The van der Waals surface area contributed by atoms with E-state index in [1.165, 1.54) is 0 Å². The lowest BCUT2D eigenvalue weighted by Gasteiger charge is -2.29. The molecule has 2 atom stereocenters. The summed E-state index contributed by atoms with van der Waals surface area (Å²) in [7, 11) is -3.02. The molecule has 0 bridgehead atoms. The van der Waals surface area contributed by atoms with E-state index in [-0.39, 0.29) is 11.2 Å². The molecule has 0 aromatic heterocycles. The van der Waals surface area contributed by atoms with Gasteiger partial charge in [0.2, 0.25) is 0 Å². The number of aliphatic hydroxyl groups excluding tert-OH is 1. The summed E-state index contributed by atoms with van der Waals surface area (Å²) in [5.74, 6) is 0.241. The number of rotatable bonds is 1. The highest BCUT2D eigenvalue weighted by molar-refractivity contribution is 7.92. The van der Waals surface area contributed by atoms with Gasteiger partial charge in [-0.3, -0.25) is 0 Å². The van der Waals surface area contributed by atoms with Crippen LogP contribution in [0.3, 0.4) is 0 Å². The van der Waals surface area contributed by atoms with Crippen LogP contribution in [0.1, 0.15) is 33.6 Å². The third kappa shape index (κ3) is 2.23. The van der Waals surface area contributed by atoms with Crippen LogP contribution in [0.25, 0.3) is 0 Å². The number of sulfone groups is 1. The lowest BCUT2D eigenvalue weighted by atomic mass is 9.86. The van der Waals surface area contributed by atoms with Gasteiger partial charge in [-0.2, -0.15) is 0 Å². The molecular formula is C9H18O3S. The first-order chi connectivity index (χ1) is 5.75. The maximum atomic E-state index is 11.5. The third-order valence-corrected chi connectivity index (χ3v) is 4.89. The van der Waals surface area contributed by atoms with Crippen LogP contribution in [0.4, 0.5) is 0 Å². The molecule has 0 radical (unpaired) electrons. The van der Waals surface area contributed by atoms with Crippen molar-refractivity contribution in [1.29, 1.82) is 0 Å². The monoisotopic (exact) mass is 206 g/mol. The molecule has 1 saturated heterocycles. The van der Waals surface area contributed by atoms with Crippen LogP contribution in [-0.2, 0) is 9.84 Å². The Bertz CT molecular complexity index is 274. The second-order valence-corrected chi connectivity index (χ2v) is 7.20. The van der Waals surface area contributed by atoms with Crippen molar-refractivity contribution in [2.45, 2.75) is 45.0 Å². The van der Waals surface area contributed by atoms with Crippen molar-refractivity contribution in [3.05, 3.63) is 0 Å². The summed E-state index contributed by atoms with van der Waals surface area (Å²) < 4.78 is 23.0. The average Bonchev–Trinajstić information content (AvgIpc) is 2.26. The van der Waals surface area contributed by atoms with Gasteiger partial charge in [-0.15, -0.1) is 0 Å². The van der Waals surface area contributed by atoms with E-state index in [9.17, 15) is 13.5 Å². The molecule has 4 heteroatoms. The predicted octanol–water partition coefficient (Wildman–Crippen LogP) is 0.971. The molecule has 0 amide bonds. The molecule has 3 nitrogen and oxygen atoms in total. The van der Waals surface area contributed by atoms with Gasteiger partial charge in [-0.1, -0.05) is 20.8 Å². The molecule has 0 saturated carbocycles. The number of hydrogen-bond donors (Lipinski definition) is 1. The van der Waals surface area contributed by atoms with Crippen LogP contribution in [-0.4, -0.2) is 30.6 Å². The standard InChI is InChI=1S/C9H18O3S/c1-9(2,3)8(10)7-5-4-6-13(7,11)12/h7-8,10H,4-6H2,1-3H3/t7-,8+/m0/s1. The first-order valence-electron chi connectivity index (χ1n) is 4.65. The van der Waals surface area contributed by atoms with Gasteiger partial charge in [-0.05, 0) is 18.3 Å². The summed E-state index contributed by atoms with van der Waals surface area (Å²) in [4.78, 5) is 0. The molecule has 0 unspecified atom stereocenters. The maximum Gasteiger partial charge on any atom is 0.155 e. The fourth-order valence-corrected chi connectivity index (χ4v) is 3.93. The molecule has 1 rings (SSSR count). The van der Waals surface area contributed by atoms with Crippen molar-refractivity contribution in [1.82, 2.24) is 0 Å². The van der Waals surface area contributed by atoms with E-state index in [1.54, 1.807) is 0 Å². The fourth-order valence-electron chi connectivity index (χ4n) is 1.73. The number of hydrogen-bond acceptors (Lipinski definition) is 3. The molecule has 1 N–H and O–H groups in total. The van der Waals surface area contributed by atoms with Gasteiger partial charge < -0.3 is 5.11 Å². The van der Waals surface area contributed by atoms with Crippen LogP contribution in [0, 0.1) is 5.41 Å². The van der Waals surface area contributed by atoms with E-state index in [0.717, 1.165) is 0 Å². The zero-order valence-corrected chi connectivity index (χ0v) is 9.26. The van der Waals surface area contributed by atoms with Gasteiger partial charge >= 0.3 is 0 Å². The Balaban J connectivity index is 2.85. The zero-order valence-electron chi connectivity index (χ0n) is 8.45. The first kappa shape index (κ1) is 11.0. The third-order valence-electron chi connectivity index (χ3n) is 2.62. The molecule has 0 aliphatic carbocycles. The molecule has 0 aromatic carbocycles. The molecule has 78 valence electrons. The summed E-state index contributed by atoms with van der Waals surface area (Å²) in [6, 6.07) is 0. The van der Waals surface area contributed by atoms with Gasteiger partial charge in [0.25, 0.3) is 0 Å². The first-order valence-corrected chi connectivity index (χ1v) is 6.36.